The molecule has 0 aliphatic carbocycles. The van der Waals surface area contributed by atoms with Crippen molar-refractivity contribution in [2.45, 2.75) is 20.5 Å². The molecule has 0 bridgehead atoms. The highest BCUT2D eigenvalue weighted by Crippen LogP contribution is 2.32. The van der Waals surface area contributed by atoms with Crippen LogP contribution in [0.25, 0.3) is 6.08 Å². The van der Waals surface area contributed by atoms with Crippen LogP contribution >= 0.6 is 11.8 Å². The number of amides is 3. The smallest absolute Gasteiger partial charge is 0.294 e. The third-order valence-electron chi connectivity index (χ3n) is 5.53. The predicted molar refractivity (Wildman–Crippen MR) is 134 cm³/mol. The zero-order valence-electron chi connectivity index (χ0n) is 19.2. The fourth-order valence-corrected chi connectivity index (χ4v) is 4.29. The molecule has 1 heterocycles. The van der Waals surface area contributed by atoms with Crippen molar-refractivity contribution in [2.24, 2.45) is 0 Å². The lowest BCUT2D eigenvalue weighted by molar-refractivity contribution is -0.127. The molecule has 4 rings (SSSR count). The van der Waals surface area contributed by atoms with E-state index in [-0.39, 0.29) is 23.9 Å². The number of ether oxygens (including phenoxy) is 1. The molecule has 1 saturated heterocycles. The maximum Gasteiger partial charge on any atom is 0.294 e. The van der Waals surface area contributed by atoms with E-state index in [1.165, 1.54) is 12.1 Å². The van der Waals surface area contributed by atoms with Gasteiger partial charge in [0.15, 0.2) is 0 Å². The number of thioether (sulfide) groups is 1. The average molecular weight is 491 g/mol. The Morgan fingerprint density at radius 1 is 1.06 bits per heavy atom. The van der Waals surface area contributed by atoms with Crippen LogP contribution < -0.4 is 10.1 Å². The minimum absolute atomic E-state index is 0.227. The summed E-state index contributed by atoms with van der Waals surface area (Å²) in [5.41, 5.74) is 4.09. The van der Waals surface area contributed by atoms with Gasteiger partial charge in [0.1, 0.15) is 24.7 Å². The molecule has 8 heteroatoms. The highest BCUT2D eigenvalue weighted by atomic mass is 32.2. The van der Waals surface area contributed by atoms with Gasteiger partial charge in [-0.15, -0.1) is 0 Å². The van der Waals surface area contributed by atoms with Gasteiger partial charge in [0.25, 0.3) is 11.1 Å². The van der Waals surface area contributed by atoms with Gasteiger partial charge in [-0.2, -0.15) is 0 Å². The summed E-state index contributed by atoms with van der Waals surface area (Å²) in [5.74, 6) is -0.713. The number of hydrogen-bond donors (Lipinski definition) is 1. The molecule has 0 radical (unpaired) electrons. The Balaban J connectivity index is 1.40. The number of aryl methyl sites for hydroxylation is 1. The number of carbonyl (C=O) groups is 3. The van der Waals surface area contributed by atoms with Crippen LogP contribution in [0, 0.1) is 19.7 Å². The Bertz CT molecular complexity index is 1320. The average Bonchev–Trinajstić information content (AvgIpc) is 3.09. The van der Waals surface area contributed by atoms with Gasteiger partial charge in [0.2, 0.25) is 5.91 Å². The first-order valence-corrected chi connectivity index (χ1v) is 11.7. The Kier molecular flexibility index (Phi) is 7.31. The molecule has 3 amide bonds. The predicted octanol–water partition coefficient (Wildman–Crippen LogP) is 5.70. The van der Waals surface area contributed by atoms with Crippen LogP contribution in [-0.2, 0) is 16.2 Å². The van der Waals surface area contributed by atoms with Gasteiger partial charge in [-0.1, -0.05) is 36.4 Å². The maximum atomic E-state index is 13.1. The molecule has 0 saturated carbocycles. The highest BCUT2D eigenvalue weighted by Gasteiger charge is 2.36. The molecule has 0 spiro atoms. The lowest BCUT2D eigenvalue weighted by Gasteiger charge is -2.14. The van der Waals surface area contributed by atoms with E-state index in [0.717, 1.165) is 33.4 Å². The lowest BCUT2D eigenvalue weighted by atomic mass is 10.1. The van der Waals surface area contributed by atoms with Crippen LogP contribution in [-0.4, -0.2) is 28.5 Å². The molecule has 3 aromatic rings. The van der Waals surface area contributed by atoms with Gasteiger partial charge in [0, 0.05) is 5.69 Å². The monoisotopic (exact) mass is 490 g/mol. The summed E-state index contributed by atoms with van der Waals surface area (Å²) < 4.78 is 18.8. The third-order valence-corrected chi connectivity index (χ3v) is 6.44. The zero-order chi connectivity index (χ0) is 24.9. The van der Waals surface area contributed by atoms with Gasteiger partial charge in [0.05, 0.1) is 4.91 Å². The molecular formula is C27H23FN2O4S. The standard InChI is InChI=1S/C27H23FN2O4S/c1-17-5-3-8-23(18(17)2)29-25(31)15-30-26(32)24(35-27(30)33)14-20-6-4-7-22(13-20)34-16-19-9-11-21(28)12-10-19/h3-14H,15-16H2,1-2H3,(H,29,31)/b24-14+. The quantitative estimate of drug-likeness (QED) is 0.430. The number of hydrogen-bond acceptors (Lipinski definition) is 5. The van der Waals surface area contributed by atoms with Crippen molar-refractivity contribution in [3.8, 4) is 5.75 Å². The van der Waals surface area contributed by atoms with Crippen LogP contribution in [0.2, 0.25) is 0 Å². The molecule has 6 nitrogen and oxygen atoms in total. The minimum atomic E-state index is -0.520. The Labute approximate surface area is 206 Å². The summed E-state index contributed by atoms with van der Waals surface area (Å²) in [6.45, 7) is 3.73. The van der Waals surface area contributed by atoms with Gasteiger partial charge in [-0.3, -0.25) is 19.3 Å². The second-order valence-corrected chi connectivity index (χ2v) is 9.04. The number of nitrogens with zero attached hydrogens (tertiary/aromatic N) is 1. The Hall–Kier alpha value is -3.91. The van der Waals surface area contributed by atoms with Crippen LogP contribution in [0.3, 0.4) is 0 Å². The molecule has 35 heavy (non-hydrogen) atoms. The third kappa shape index (κ3) is 5.96. The molecule has 1 N–H and O–H groups in total. The first-order chi connectivity index (χ1) is 16.8. The summed E-state index contributed by atoms with van der Waals surface area (Å²) in [6, 6.07) is 18.6. The van der Waals surface area contributed by atoms with Crippen LogP contribution in [0.1, 0.15) is 22.3 Å². The number of rotatable bonds is 7. The van der Waals surface area contributed by atoms with Crippen molar-refractivity contribution < 1.29 is 23.5 Å². The largest absolute Gasteiger partial charge is 0.489 e. The molecule has 0 unspecified atom stereocenters. The van der Waals surface area contributed by atoms with E-state index in [1.54, 1.807) is 48.5 Å². The van der Waals surface area contributed by atoms with Gasteiger partial charge in [-0.05, 0) is 84.3 Å². The first-order valence-electron chi connectivity index (χ1n) is 10.9. The zero-order valence-corrected chi connectivity index (χ0v) is 20.0. The van der Waals surface area contributed by atoms with E-state index in [4.69, 9.17) is 4.74 Å². The first kappa shape index (κ1) is 24.2. The van der Waals surface area contributed by atoms with Crippen molar-refractivity contribution in [2.75, 3.05) is 11.9 Å². The van der Waals surface area contributed by atoms with Gasteiger partial charge in [-0.25, -0.2) is 4.39 Å². The van der Waals surface area contributed by atoms with E-state index < -0.39 is 17.1 Å². The fourth-order valence-electron chi connectivity index (χ4n) is 3.45. The van der Waals surface area contributed by atoms with E-state index >= 15 is 0 Å². The topological polar surface area (TPSA) is 75.7 Å². The van der Waals surface area contributed by atoms with Crippen molar-refractivity contribution in [1.82, 2.24) is 4.90 Å². The second-order valence-electron chi connectivity index (χ2n) is 8.05. The Morgan fingerprint density at radius 2 is 1.80 bits per heavy atom. The highest BCUT2D eigenvalue weighted by molar-refractivity contribution is 8.18. The number of anilines is 1. The molecule has 178 valence electrons. The van der Waals surface area contributed by atoms with Crippen LogP contribution in [0.15, 0.2) is 71.6 Å². The molecule has 0 aromatic heterocycles. The van der Waals surface area contributed by atoms with Gasteiger partial charge < -0.3 is 10.1 Å². The minimum Gasteiger partial charge on any atom is -0.489 e. The van der Waals surface area contributed by atoms with E-state index in [2.05, 4.69) is 5.32 Å². The summed E-state index contributed by atoms with van der Waals surface area (Å²) >= 11 is 0.790. The number of imide groups is 1. The molecular weight excluding hydrogens is 467 g/mol. The molecule has 1 fully saturated rings. The Morgan fingerprint density at radius 3 is 2.57 bits per heavy atom. The summed E-state index contributed by atoms with van der Waals surface area (Å²) in [5, 5.41) is 2.27. The van der Waals surface area contributed by atoms with Gasteiger partial charge >= 0.3 is 0 Å². The maximum absolute atomic E-state index is 13.1. The second kappa shape index (κ2) is 10.6. The van der Waals surface area contributed by atoms with Crippen molar-refractivity contribution in [3.63, 3.8) is 0 Å². The number of nitrogens with one attached hydrogen (secondary N) is 1. The van der Waals surface area contributed by atoms with E-state index in [9.17, 15) is 18.8 Å². The van der Waals surface area contributed by atoms with Crippen molar-refractivity contribution in [1.29, 1.82) is 0 Å². The van der Waals surface area contributed by atoms with E-state index in [0.29, 0.717) is 17.0 Å². The molecule has 1 aliphatic rings. The summed E-state index contributed by atoms with van der Waals surface area (Å²) in [7, 11) is 0. The summed E-state index contributed by atoms with van der Waals surface area (Å²) in [6.07, 6.45) is 1.60. The number of carbonyl (C=O) groups excluding carboxylic acids is 3. The molecule has 0 atom stereocenters. The SMILES string of the molecule is Cc1cccc(NC(=O)CN2C(=O)S/C(=C/c3cccc(OCc4ccc(F)cc4)c3)C2=O)c1C. The fraction of sp³-hybridized carbons (Fsp3) is 0.148. The van der Waals surface area contributed by atoms with Crippen LogP contribution in [0.4, 0.5) is 14.9 Å². The van der Waals surface area contributed by atoms with Crippen LogP contribution in [0.5, 0.6) is 5.75 Å². The lowest BCUT2D eigenvalue weighted by Crippen LogP contribution is -2.36. The number of benzene rings is 3. The van der Waals surface area contributed by atoms with Crippen molar-refractivity contribution in [3.05, 3.63) is 99.7 Å². The van der Waals surface area contributed by atoms with E-state index in [1.807, 2.05) is 26.0 Å². The normalized spacial score (nSPS) is 14.5. The summed E-state index contributed by atoms with van der Waals surface area (Å²) in [4.78, 5) is 38.9. The molecule has 3 aromatic carbocycles. The van der Waals surface area contributed by atoms with Crippen molar-refractivity contribution >= 4 is 40.6 Å². The number of halogens is 1. The molecule has 1 aliphatic heterocycles.